The van der Waals surface area contributed by atoms with Crippen LogP contribution in [0.3, 0.4) is 0 Å². The summed E-state index contributed by atoms with van der Waals surface area (Å²) >= 11 is 11.6. The lowest BCUT2D eigenvalue weighted by Crippen LogP contribution is -2.56. The van der Waals surface area contributed by atoms with Crippen molar-refractivity contribution < 1.29 is 23.4 Å². The highest BCUT2D eigenvalue weighted by molar-refractivity contribution is 7.89. The Morgan fingerprint density at radius 1 is 1.33 bits per heavy atom. The zero-order chi connectivity index (χ0) is 15.8. The lowest BCUT2D eigenvalue weighted by molar-refractivity contribution is 0.0697. The van der Waals surface area contributed by atoms with Gasteiger partial charge in [0.1, 0.15) is 4.90 Å². The maximum atomic E-state index is 12.4. The number of rotatable bonds is 5. The predicted octanol–water partition coefficient (Wildman–Crippen LogP) is 1.88. The van der Waals surface area contributed by atoms with E-state index in [1.54, 1.807) is 0 Å². The summed E-state index contributed by atoms with van der Waals surface area (Å²) in [6.45, 7) is -0.337. The van der Waals surface area contributed by atoms with Crippen LogP contribution in [0.2, 0.25) is 10.0 Å². The van der Waals surface area contributed by atoms with Gasteiger partial charge in [-0.25, -0.2) is 17.9 Å². The molecule has 0 aromatic heterocycles. The average Bonchev–Trinajstić information content (AvgIpc) is 2.35. The number of aliphatic hydroxyl groups excluding tert-OH is 1. The molecule has 3 N–H and O–H groups in total. The first-order chi connectivity index (χ1) is 9.71. The van der Waals surface area contributed by atoms with Crippen molar-refractivity contribution >= 4 is 39.2 Å². The molecule has 0 aliphatic heterocycles. The van der Waals surface area contributed by atoms with Crippen LogP contribution < -0.4 is 4.72 Å². The highest BCUT2D eigenvalue weighted by atomic mass is 35.5. The summed E-state index contributed by atoms with van der Waals surface area (Å²) in [4.78, 5) is 10.7. The Morgan fingerprint density at radius 3 is 2.38 bits per heavy atom. The number of carbonyl (C=O) groups is 1. The summed E-state index contributed by atoms with van der Waals surface area (Å²) in [5.74, 6) is -1.38. The molecule has 0 amide bonds. The second-order valence-electron chi connectivity index (χ2n) is 4.97. The number of carboxylic acid groups (broad SMARTS) is 1. The largest absolute Gasteiger partial charge is 0.478 e. The van der Waals surface area contributed by atoms with Gasteiger partial charge >= 0.3 is 5.97 Å². The summed E-state index contributed by atoms with van der Waals surface area (Å²) in [6, 6.07) is 2.17. The van der Waals surface area contributed by atoms with Crippen LogP contribution in [-0.2, 0) is 10.0 Å². The third kappa shape index (κ3) is 3.17. The van der Waals surface area contributed by atoms with Crippen LogP contribution in [0.4, 0.5) is 0 Å². The lowest BCUT2D eigenvalue weighted by Gasteiger charge is -2.40. The van der Waals surface area contributed by atoms with Gasteiger partial charge in [-0.1, -0.05) is 23.2 Å². The van der Waals surface area contributed by atoms with Gasteiger partial charge in [-0.05, 0) is 31.4 Å². The topological polar surface area (TPSA) is 104 Å². The second-order valence-corrected chi connectivity index (χ2v) is 7.43. The van der Waals surface area contributed by atoms with Crippen molar-refractivity contribution in [1.82, 2.24) is 4.72 Å². The van der Waals surface area contributed by atoms with E-state index in [1.807, 2.05) is 0 Å². The number of nitrogens with one attached hydrogen (secondary N) is 1. The van der Waals surface area contributed by atoms with Crippen molar-refractivity contribution in [2.24, 2.45) is 0 Å². The molecule has 6 nitrogen and oxygen atoms in total. The SMILES string of the molecule is O=C(O)c1cc(Cl)cc(S(=O)(=O)NC2(CO)CCC2)c1Cl. The first-order valence-corrected chi connectivity index (χ1v) is 8.32. The fourth-order valence-electron chi connectivity index (χ4n) is 2.15. The van der Waals surface area contributed by atoms with Gasteiger partial charge in [0.15, 0.2) is 0 Å². The van der Waals surface area contributed by atoms with Crippen molar-refractivity contribution in [1.29, 1.82) is 0 Å². The molecule has 0 bridgehead atoms. The Kier molecular flexibility index (Phi) is 4.51. The molecule has 116 valence electrons. The van der Waals surface area contributed by atoms with Crippen LogP contribution >= 0.6 is 23.2 Å². The van der Waals surface area contributed by atoms with Crippen LogP contribution in [0.15, 0.2) is 17.0 Å². The van der Waals surface area contributed by atoms with Crippen LogP contribution in [0.5, 0.6) is 0 Å². The van der Waals surface area contributed by atoms with E-state index in [9.17, 15) is 18.3 Å². The highest BCUT2D eigenvalue weighted by Gasteiger charge is 2.41. The molecular weight excluding hydrogens is 341 g/mol. The van der Waals surface area contributed by atoms with E-state index in [1.165, 1.54) is 0 Å². The minimum absolute atomic E-state index is 0.0520. The number of hydrogen-bond donors (Lipinski definition) is 3. The fraction of sp³-hybridized carbons (Fsp3) is 0.417. The van der Waals surface area contributed by atoms with E-state index in [0.717, 1.165) is 18.6 Å². The molecule has 2 rings (SSSR count). The summed E-state index contributed by atoms with van der Waals surface area (Å²) in [7, 11) is -4.09. The van der Waals surface area contributed by atoms with Gasteiger partial charge in [0.2, 0.25) is 10.0 Å². The second kappa shape index (κ2) is 5.73. The molecule has 0 saturated heterocycles. The molecule has 1 aliphatic carbocycles. The quantitative estimate of drug-likeness (QED) is 0.749. The van der Waals surface area contributed by atoms with Crippen molar-refractivity contribution in [2.75, 3.05) is 6.61 Å². The monoisotopic (exact) mass is 353 g/mol. The molecule has 0 spiro atoms. The lowest BCUT2D eigenvalue weighted by atomic mass is 9.78. The van der Waals surface area contributed by atoms with Crippen molar-refractivity contribution in [3.05, 3.63) is 27.7 Å². The third-order valence-electron chi connectivity index (χ3n) is 3.49. The summed E-state index contributed by atoms with van der Waals surface area (Å²) < 4.78 is 27.2. The number of aliphatic hydroxyl groups is 1. The first-order valence-electron chi connectivity index (χ1n) is 6.08. The molecule has 1 aromatic carbocycles. The van der Waals surface area contributed by atoms with Crippen LogP contribution in [0.1, 0.15) is 29.6 Å². The molecule has 0 unspecified atom stereocenters. The van der Waals surface area contributed by atoms with E-state index >= 15 is 0 Å². The molecule has 1 fully saturated rings. The molecule has 9 heteroatoms. The number of sulfonamides is 1. The molecule has 0 atom stereocenters. The molecule has 0 radical (unpaired) electrons. The normalized spacial score (nSPS) is 17.3. The smallest absolute Gasteiger partial charge is 0.337 e. The Bertz CT molecular complexity index is 680. The van der Waals surface area contributed by atoms with Gasteiger partial charge in [0, 0.05) is 5.02 Å². The maximum Gasteiger partial charge on any atom is 0.337 e. The minimum Gasteiger partial charge on any atom is -0.478 e. The van der Waals surface area contributed by atoms with Gasteiger partial charge < -0.3 is 10.2 Å². The zero-order valence-corrected chi connectivity index (χ0v) is 13.1. The van der Waals surface area contributed by atoms with Gasteiger partial charge in [0.05, 0.1) is 22.7 Å². The summed E-state index contributed by atoms with van der Waals surface area (Å²) in [5.41, 5.74) is -1.30. The van der Waals surface area contributed by atoms with E-state index in [4.69, 9.17) is 28.3 Å². The number of carboxylic acids is 1. The standard InChI is InChI=1S/C12H13Cl2NO5S/c13-7-4-8(11(17)18)10(14)9(5-7)21(19,20)15-12(6-16)2-1-3-12/h4-5,15-16H,1-3,6H2,(H,17,18). The molecular formula is C12H13Cl2NO5S. The van der Waals surface area contributed by atoms with Crippen molar-refractivity contribution in [3.8, 4) is 0 Å². The van der Waals surface area contributed by atoms with E-state index in [0.29, 0.717) is 12.8 Å². The first kappa shape index (κ1) is 16.5. The Labute approximate surface area is 131 Å². The third-order valence-corrected chi connectivity index (χ3v) is 5.83. The molecule has 1 aromatic rings. The van der Waals surface area contributed by atoms with Crippen LogP contribution in [0.25, 0.3) is 0 Å². The van der Waals surface area contributed by atoms with Gasteiger partial charge in [0.25, 0.3) is 0 Å². The zero-order valence-electron chi connectivity index (χ0n) is 10.8. The van der Waals surface area contributed by atoms with Crippen molar-refractivity contribution in [3.63, 3.8) is 0 Å². The maximum absolute atomic E-state index is 12.4. The number of aromatic carboxylic acids is 1. The molecule has 0 heterocycles. The van der Waals surface area contributed by atoms with Crippen LogP contribution in [0, 0.1) is 0 Å². The Balaban J connectivity index is 2.47. The fourth-order valence-corrected chi connectivity index (χ4v) is 4.51. The Morgan fingerprint density at radius 2 is 1.95 bits per heavy atom. The van der Waals surface area contributed by atoms with Gasteiger partial charge in [-0.15, -0.1) is 0 Å². The summed E-state index contributed by atoms with van der Waals surface area (Å²) in [6.07, 6.45) is 1.81. The number of halogens is 2. The Hall–Kier alpha value is -0.860. The van der Waals surface area contributed by atoms with E-state index in [-0.39, 0.29) is 11.6 Å². The molecule has 1 saturated carbocycles. The minimum atomic E-state index is -4.09. The van der Waals surface area contributed by atoms with E-state index < -0.39 is 37.0 Å². The van der Waals surface area contributed by atoms with Crippen molar-refractivity contribution in [2.45, 2.75) is 29.7 Å². The van der Waals surface area contributed by atoms with Crippen LogP contribution in [-0.4, -0.2) is 36.7 Å². The highest BCUT2D eigenvalue weighted by Crippen LogP contribution is 2.35. The number of hydrogen-bond acceptors (Lipinski definition) is 4. The molecule has 21 heavy (non-hydrogen) atoms. The van der Waals surface area contributed by atoms with E-state index in [2.05, 4.69) is 4.72 Å². The average molecular weight is 354 g/mol. The summed E-state index contributed by atoms with van der Waals surface area (Å²) in [5, 5.41) is 17.9. The molecule has 1 aliphatic rings. The number of benzene rings is 1. The van der Waals surface area contributed by atoms with Gasteiger partial charge in [-0.2, -0.15) is 0 Å². The predicted molar refractivity (Wildman–Crippen MR) is 77.4 cm³/mol. The van der Waals surface area contributed by atoms with Gasteiger partial charge in [-0.3, -0.25) is 0 Å².